The molecule has 1 fully saturated rings. The second-order valence-electron chi connectivity index (χ2n) is 4.46. The van der Waals surface area contributed by atoms with Crippen LogP contribution in [0.4, 0.5) is 5.95 Å². The summed E-state index contributed by atoms with van der Waals surface area (Å²) >= 11 is 0. The third-order valence-corrected chi connectivity index (χ3v) is 2.95. The quantitative estimate of drug-likeness (QED) is 0.747. The molecule has 1 aromatic rings. The first-order valence-corrected chi connectivity index (χ1v) is 6.26. The standard InChI is InChI=1S/C11H21N5O/c1-3-4-12-9-10-13-11(14-17-10)16-7-5-15(2)6-8-16/h12H,3-9H2,1-2H3. The van der Waals surface area contributed by atoms with E-state index in [0.717, 1.165) is 45.1 Å². The Morgan fingerprint density at radius 2 is 2.06 bits per heavy atom. The summed E-state index contributed by atoms with van der Waals surface area (Å²) in [6, 6.07) is 0. The summed E-state index contributed by atoms with van der Waals surface area (Å²) in [6.45, 7) is 7.82. The van der Waals surface area contributed by atoms with Crippen molar-refractivity contribution in [3.63, 3.8) is 0 Å². The van der Waals surface area contributed by atoms with E-state index < -0.39 is 0 Å². The van der Waals surface area contributed by atoms with Gasteiger partial charge in [-0.05, 0) is 25.2 Å². The van der Waals surface area contributed by atoms with Crippen LogP contribution in [-0.4, -0.2) is 54.8 Å². The van der Waals surface area contributed by atoms with Gasteiger partial charge in [0, 0.05) is 26.2 Å². The molecule has 1 aliphatic rings. The van der Waals surface area contributed by atoms with Gasteiger partial charge < -0.3 is 19.6 Å². The number of rotatable bonds is 5. The maximum absolute atomic E-state index is 5.21. The number of hydrogen-bond acceptors (Lipinski definition) is 6. The molecule has 0 saturated carbocycles. The molecule has 0 atom stereocenters. The fraction of sp³-hybridized carbons (Fsp3) is 0.818. The lowest BCUT2D eigenvalue weighted by Gasteiger charge is -2.31. The summed E-state index contributed by atoms with van der Waals surface area (Å²) in [7, 11) is 2.13. The highest BCUT2D eigenvalue weighted by Gasteiger charge is 2.18. The molecule has 2 rings (SSSR count). The summed E-state index contributed by atoms with van der Waals surface area (Å²) in [5.41, 5.74) is 0. The molecule has 6 heteroatoms. The Morgan fingerprint density at radius 1 is 1.29 bits per heavy atom. The van der Waals surface area contributed by atoms with Gasteiger partial charge in [0.25, 0.3) is 5.95 Å². The van der Waals surface area contributed by atoms with Crippen molar-refractivity contribution < 1.29 is 4.52 Å². The van der Waals surface area contributed by atoms with E-state index in [1.807, 2.05) is 0 Å². The number of likely N-dealkylation sites (N-methyl/N-ethyl adjacent to an activating group) is 1. The van der Waals surface area contributed by atoms with E-state index in [0.29, 0.717) is 12.4 Å². The van der Waals surface area contributed by atoms with E-state index in [-0.39, 0.29) is 0 Å². The molecule has 0 aromatic carbocycles. The minimum absolute atomic E-state index is 0.661. The summed E-state index contributed by atoms with van der Waals surface area (Å²) in [5.74, 6) is 1.40. The van der Waals surface area contributed by atoms with Crippen molar-refractivity contribution >= 4 is 5.95 Å². The minimum atomic E-state index is 0.661. The highest BCUT2D eigenvalue weighted by molar-refractivity contribution is 5.28. The monoisotopic (exact) mass is 239 g/mol. The van der Waals surface area contributed by atoms with Crippen LogP contribution in [0.3, 0.4) is 0 Å². The minimum Gasteiger partial charge on any atom is -0.336 e. The summed E-state index contributed by atoms with van der Waals surface area (Å²) in [6.07, 6.45) is 1.11. The fourth-order valence-corrected chi connectivity index (χ4v) is 1.82. The molecule has 2 heterocycles. The average Bonchev–Trinajstić information content (AvgIpc) is 2.79. The van der Waals surface area contributed by atoms with Gasteiger partial charge in [0.1, 0.15) is 0 Å². The summed E-state index contributed by atoms with van der Waals surface area (Å²) in [5, 5.41) is 7.28. The van der Waals surface area contributed by atoms with Crippen LogP contribution in [0.2, 0.25) is 0 Å². The average molecular weight is 239 g/mol. The van der Waals surface area contributed by atoms with Crippen molar-refractivity contribution in [1.82, 2.24) is 20.4 Å². The van der Waals surface area contributed by atoms with Gasteiger partial charge in [-0.25, -0.2) is 0 Å². The van der Waals surface area contributed by atoms with Crippen molar-refractivity contribution in [2.45, 2.75) is 19.9 Å². The highest BCUT2D eigenvalue weighted by atomic mass is 16.5. The van der Waals surface area contributed by atoms with Gasteiger partial charge in [0.15, 0.2) is 0 Å². The number of piperazine rings is 1. The zero-order valence-electron chi connectivity index (χ0n) is 10.6. The van der Waals surface area contributed by atoms with E-state index >= 15 is 0 Å². The second-order valence-corrected chi connectivity index (χ2v) is 4.46. The molecular formula is C11H21N5O. The maximum atomic E-state index is 5.21. The Kier molecular flexibility index (Phi) is 4.33. The molecule has 0 radical (unpaired) electrons. The first-order chi connectivity index (χ1) is 8.29. The first kappa shape index (κ1) is 12.3. The third kappa shape index (κ3) is 3.41. The van der Waals surface area contributed by atoms with Gasteiger partial charge in [0.05, 0.1) is 6.54 Å². The van der Waals surface area contributed by atoms with Gasteiger partial charge >= 0.3 is 0 Å². The van der Waals surface area contributed by atoms with Gasteiger partial charge in [0.2, 0.25) is 5.89 Å². The van der Waals surface area contributed by atoms with Crippen molar-refractivity contribution in [2.24, 2.45) is 0 Å². The lowest BCUT2D eigenvalue weighted by Crippen LogP contribution is -2.44. The second kappa shape index (κ2) is 5.97. The Bertz CT molecular complexity index is 332. The predicted octanol–water partition coefficient (Wildman–Crippen LogP) is 0.321. The molecule has 0 amide bonds. The van der Waals surface area contributed by atoms with Gasteiger partial charge in [-0.15, -0.1) is 0 Å². The molecule has 1 aliphatic heterocycles. The van der Waals surface area contributed by atoms with Crippen LogP contribution in [0.5, 0.6) is 0 Å². The van der Waals surface area contributed by atoms with Gasteiger partial charge in [-0.1, -0.05) is 6.92 Å². The topological polar surface area (TPSA) is 57.4 Å². The number of aromatic nitrogens is 2. The SMILES string of the molecule is CCCNCc1nc(N2CCN(C)CC2)no1. The molecule has 0 spiro atoms. The number of hydrogen-bond donors (Lipinski definition) is 1. The van der Waals surface area contributed by atoms with E-state index in [2.05, 4.69) is 39.2 Å². The van der Waals surface area contributed by atoms with Crippen LogP contribution in [0, 0.1) is 0 Å². The molecular weight excluding hydrogens is 218 g/mol. The number of nitrogens with zero attached hydrogens (tertiary/aromatic N) is 4. The van der Waals surface area contributed by atoms with Crippen LogP contribution in [0.1, 0.15) is 19.2 Å². The molecule has 0 bridgehead atoms. The number of anilines is 1. The van der Waals surface area contributed by atoms with Crippen LogP contribution >= 0.6 is 0 Å². The summed E-state index contributed by atoms with van der Waals surface area (Å²) < 4.78 is 5.21. The van der Waals surface area contributed by atoms with E-state index in [1.165, 1.54) is 0 Å². The molecule has 1 saturated heterocycles. The van der Waals surface area contributed by atoms with Crippen LogP contribution in [0.25, 0.3) is 0 Å². The van der Waals surface area contributed by atoms with Crippen molar-refractivity contribution in [3.05, 3.63) is 5.89 Å². The van der Waals surface area contributed by atoms with Gasteiger partial charge in [-0.2, -0.15) is 4.98 Å². The Morgan fingerprint density at radius 3 is 2.76 bits per heavy atom. The van der Waals surface area contributed by atoms with Crippen LogP contribution in [0.15, 0.2) is 4.52 Å². The maximum Gasteiger partial charge on any atom is 0.266 e. The molecule has 0 unspecified atom stereocenters. The van der Waals surface area contributed by atoms with Gasteiger partial charge in [-0.3, -0.25) is 0 Å². The van der Waals surface area contributed by atoms with Crippen molar-refractivity contribution in [3.8, 4) is 0 Å². The summed E-state index contributed by atoms with van der Waals surface area (Å²) in [4.78, 5) is 8.88. The number of nitrogens with one attached hydrogen (secondary N) is 1. The smallest absolute Gasteiger partial charge is 0.266 e. The molecule has 1 aromatic heterocycles. The molecule has 17 heavy (non-hydrogen) atoms. The van der Waals surface area contributed by atoms with Crippen LogP contribution < -0.4 is 10.2 Å². The van der Waals surface area contributed by atoms with Crippen molar-refractivity contribution in [1.29, 1.82) is 0 Å². The lowest BCUT2D eigenvalue weighted by atomic mass is 10.3. The fourth-order valence-electron chi connectivity index (χ4n) is 1.82. The molecule has 96 valence electrons. The van der Waals surface area contributed by atoms with Crippen molar-refractivity contribution in [2.75, 3.05) is 44.7 Å². The Balaban J connectivity index is 1.85. The molecule has 6 nitrogen and oxygen atoms in total. The molecule has 0 aliphatic carbocycles. The Labute approximate surface area is 102 Å². The molecule has 1 N–H and O–H groups in total. The van der Waals surface area contributed by atoms with E-state index in [1.54, 1.807) is 0 Å². The van der Waals surface area contributed by atoms with E-state index in [9.17, 15) is 0 Å². The Hall–Kier alpha value is -1.14. The normalized spacial score (nSPS) is 17.6. The first-order valence-electron chi connectivity index (χ1n) is 6.26. The predicted molar refractivity (Wildman–Crippen MR) is 66.0 cm³/mol. The third-order valence-electron chi connectivity index (χ3n) is 2.95. The lowest BCUT2D eigenvalue weighted by molar-refractivity contribution is 0.308. The zero-order valence-corrected chi connectivity index (χ0v) is 10.6. The largest absolute Gasteiger partial charge is 0.336 e. The van der Waals surface area contributed by atoms with Crippen LogP contribution in [-0.2, 0) is 6.54 Å². The van der Waals surface area contributed by atoms with E-state index in [4.69, 9.17) is 4.52 Å². The zero-order chi connectivity index (χ0) is 12.1. The highest BCUT2D eigenvalue weighted by Crippen LogP contribution is 2.11.